The largest absolute Gasteiger partial charge is 0.462 e. The minimum atomic E-state index is 0.169. The van der Waals surface area contributed by atoms with Crippen molar-refractivity contribution in [1.82, 2.24) is 20.2 Å². The molecule has 6 rings (SSSR count). The Morgan fingerprint density at radius 3 is 2.89 bits per heavy atom. The fourth-order valence-corrected chi connectivity index (χ4v) is 6.72. The first-order chi connectivity index (χ1) is 18.2. The van der Waals surface area contributed by atoms with Crippen LogP contribution >= 0.6 is 0 Å². The number of hydrogen-bond acceptors (Lipinski definition) is 8. The summed E-state index contributed by atoms with van der Waals surface area (Å²) in [7, 11) is 2.18. The third kappa shape index (κ3) is 5.12. The topological polar surface area (TPSA) is 80.5 Å². The van der Waals surface area contributed by atoms with Gasteiger partial charge in [-0.1, -0.05) is 18.2 Å². The number of hydrogen-bond donors (Lipinski definition) is 1. The van der Waals surface area contributed by atoms with Gasteiger partial charge in [0.15, 0.2) is 0 Å². The normalized spacial score (nSPS) is 25.9. The third-order valence-electron chi connectivity index (χ3n) is 8.76. The van der Waals surface area contributed by atoms with Gasteiger partial charge in [0.05, 0.1) is 18.2 Å². The Balaban J connectivity index is 1.28. The van der Waals surface area contributed by atoms with Crippen molar-refractivity contribution >= 4 is 11.5 Å². The van der Waals surface area contributed by atoms with E-state index in [9.17, 15) is 5.26 Å². The van der Waals surface area contributed by atoms with Crippen molar-refractivity contribution in [3.63, 3.8) is 0 Å². The van der Waals surface area contributed by atoms with Gasteiger partial charge in [-0.3, -0.25) is 0 Å². The second-order valence-corrected chi connectivity index (χ2v) is 11.1. The number of nitrogens with one attached hydrogen (secondary N) is 1. The second-order valence-electron chi connectivity index (χ2n) is 11.1. The number of fused-ring (bicyclic) bond motifs is 2. The molecule has 0 amide bonds. The smallest absolute Gasteiger partial charge is 0.318 e. The van der Waals surface area contributed by atoms with Crippen LogP contribution in [0.4, 0.5) is 11.5 Å². The Bertz CT molecular complexity index is 1150. The average molecular weight is 502 g/mol. The zero-order valence-electron chi connectivity index (χ0n) is 22.0. The summed E-state index contributed by atoms with van der Waals surface area (Å²) in [4.78, 5) is 17.4. The van der Waals surface area contributed by atoms with E-state index in [1.807, 2.05) is 0 Å². The fourth-order valence-electron chi connectivity index (χ4n) is 6.72. The molecule has 4 aliphatic rings. The molecule has 0 saturated carbocycles. The lowest BCUT2D eigenvalue weighted by molar-refractivity contribution is 0.187. The molecule has 0 radical (unpaired) electrons. The van der Waals surface area contributed by atoms with E-state index in [0.29, 0.717) is 31.1 Å². The number of ether oxygens (including phenoxy) is 1. The van der Waals surface area contributed by atoms with Gasteiger partial charge in [-0.05, 0) is 63.7 Å². The molecule has 3 aliphatic heterocycles. The number of anilines is 2. The fraction of sp³-hybridized carbons (Fsp3) is 0.621. The molecule has 8 heteroatoms. The number of aryl methyl sites for hydroxylation is 1. The Morgan fingerprint density at radius 2 is 2.03 bits per heavy atom. The van der Waals surface area contributed by atoms with E-state index in [2.05, 4.69) is 57.4 Å². The maximum Gasteiger partial charge on any atom is 0.318 e. The van der Waals surface area contributed by atoms with E-state index < -0.39 is 0 Å². The number of likely N-dealkylation sites (tertiary alicyclic amines) is 1. The van der Waals surface area contributed by atoms with Crippen LogP contribution in [0.25, 0.3) is 0 Å². The van der Waals surface area contributed by atoms with Gasteiger partial charge in [0, 0.05) is 62.0 Å². The number of piperazine rings is 1. The summed E-state index contributed by atoms with van der Waals surface area (Å²) in [5, 5.41) is 12.8. The van der Waals surface area contributed by atoms with Crippen LogP contribution < -0.4 is 19.9 Å². The molecule has 1 aliphatic carbocycles. The van der Waals surface area contributed by atoms with Crippen LogP contribution in [0.5, 0.6) is 6.01 Å². The number of likely N-dealkylation sites (N-methyl/N-ethyl adjacent to an activating group) is 1. The van der Waals surface area contributed by atoms with Crippen molar-refractivity contribution in [2.75, 3.05) is 56.2 Å². The van der Waals surface area contributed by atoms with Crippen LogP contribution in [-0.4, -0.2) is 79.4 Å². The summed E-state index contributed by atoms with van der Waals surface area (Å²) in [5.74, 6) is 1.03. The number of benzene rings is 1. The average Bonchev–Trinajstić information content (AvgIpc) is 3.35. The Kier molecular flexibility index (Phi) is 7.16. The molecule has 0 spiro atoms. The van der Waals surface area contributed by atoms with Gasteiger partial charge in [0.25, 0.3) is 0 Å². The predicted octanol–water partition coefficient (Wildman–Crippen LogP) is 2.95. The summed E-state index contributed by atoms with van der Waals surface area (Å²) in [5.41, 5.74) is 5.30. The lowest BCUT2D eigenvalue weighted by Crippen LogP contribution is -2.51. The third-order valence-corrected chi connectivity index (χ3v) is 8.76. The van der Waals surface area contributed by atoms with Gasteiger partial charge in [0.1, 0.15) is 12.4 Å². The summed E-state index contributed by atoms with van der Waals surface area (Å²) in [6, 6.07) is 12.8. The highest BCUT2D eigenvalue weighted by molar-refractivity contribution is 5.58. The van der Waals surface area contributed by atoms with Gasteiger partial charge < -0.3 is 24.8 Å². The van der Waals surface area contributed by atoms with Crippen molar-refractivity contribution in [3.8, 4) is 12.1 Å². The van der Waals surface area contributed by atoms with Gasteiger partial charge in [-0.25, -0.2) is 0 Å². The van der Waals surface area contributed by atoms with Gasteiger partial charge >= 0.3 is 6.01 Å². The lowest BCUT2D eigenvalue weighted by atomic mass is 9.88. The first kappa shape index (κ1) is 24.4. The molecule has 2 saturated heterocycles. The number of rotatable bonds is 6. The van der Waals surface area contributed by atoms with Crippen molar-refractivity contribution < 1.29 is 4.74 Å². The monoisotopic (exact) mass is 501 g/mol. The number of nitriles is 1. The maximum absolute atomic E-state index is 9.27. The molecule has 0 bridgehead atoms. The standard InChI is InChI=1S/C29H39N7O/c1-34-15-5-8-24(34)20-37-29-32-26-18-23(36-16-4-7-21-6-2-3-9-27(21)36)10-11-25(26)28(33-29)35-17-14-31-22(19-35)12-13-30/h2-3,6,9,22-24,31H,4-5,7-8,10-12,14-20H2,1H3/t22-,23-,24-/m0/s1. The molecule has 2 aromatic rings. The summed E-state index contributed by atoms with van der Waals surface area (Å²) in [6.45, 7) is 5.42. The molecule has 2 fully saturated rings. The molecule has 1 aromatic heterocycles. The van der Waals surface area contributed by atoms with Crippen molar-refractivity contribution in [3.05, 3.63) is 41.1 Å². The quantitative estimate of drug-likeness (QED) is 0.647. The SMILES string of the molecule is CN1CCC[C@H]1COc1nc2c(c(N3CCN[C@@H](CC#N)C3)n1)CC[C@H](N1CCCc3ccccc31)C2. The van der Waals surface area contributed by atoms with Crippen molar-refractivity contribution in [2.24, 2.45) is 0 Å². The summed E-state index contributed by atoms with van der Waals surface area (Å²) in [6.07, 6.45) is 8.29. The van der Waals surface area contributed by atoms with E-state index in [1.54, 1.807) is 0 Å². The molecule has 196 valence electrons. The molecule has 0 unspecified atom stereocenters. The number of para-hydroxylation sites is 1. The first-order valence-electron chi connectivity index (χ1n) is 14.1. The van der Waals surface area contributed by atoms with E-state index >= 15 is 0 Å². The molecule has 1 aromatic carbocycles. The summed E-state index contributed by atoms with van der Waals surface area (Å²) < 4.78 is 6.30. The maximum atomic E-state index is 9.27. The van der Waals surface area contributed by atoms with Gasteiger partial charge in [-0.2, -0.15) is 15.2 Å². The Hall–Kier alpha value is -2.89. The van der Waals surface area contributed by atoms with Crippen LogP contribution in [0.2, 0.25) is 0 Å². The zero-order valence-corrected chi connectivity index (χ0v) is 22.0. The minimum absolute atomic E-state index is 0.169. The molecule has 3 atom stereocenters. The number of nitrogens with zero attached hydrogens (tertiary/aromatic N) is 6. The molecule has 1 N–H and O–H groups in total. The highest BCUT2D eigenvalue weighted by atomic mass is 16.5. The second kappa shape index (κ2) is 10.8. The summed E-state index contributed by atoms with van der Waals surface area (Å²) >= 11 is 0. The molecule has 8 nitrogen and oxygen atoms in total. The number of aromatic nitrogens is 2. The van der Waals surface area contributed by atoms with Crippen molar-refractivity contribution in [1.29, 1.82) is 5.26 Å². The molecular formula is C29H39N7O. The van der Waals surface area contributed by atoms with E-state index in [0.717, 1.165) is 63.5 Å². The predicted molar refractivity (Wildman–Crippen MR) is 145 cm³/mol. The van der Waals surface area contributed by atoms with E-state index in [1.165, 1.54) is 42.5 Å². The Morgan fingerprint density at radius 1 is 1.11 bits per heavy atom. The van der Waals surface area contributed by atoms with Crippen molar-refractivity contribution in [2.45, 2.75) is 69.5 Å². The van der Waals surface area contributed by atoms with Crippen LogP contribution in [0.3, 0.4) is 0 Å². The molecule has 4 heterocycles. The molecular weight excluding hydrogens is 462 g/mol. The van der Waals surface area contributed by atoms with Gasteiger partial charge in [0.2, 0.25) is 0 Å². The lowest BCUT2D eigenvalue weighted by Gasteiger charge is -2.41. The van der Waals surface area contributed by atoms with E-state index in [-0.39, 0.29) is 6.04 Å². The van der Waals surface area contributed by atoms with Crippen LogP contribution in [0.1, 0.15) is 48.9 Å². The zero-order chi connectivity index (χ0) is 25.2. The first-order valence-corrected chi connectivity index (χ1v) is 14.1. The van der Waals surface area contributed by atoms with E-state index in [4.69, 9.17) is 14.7 Å². The molecule has 37 heavy (non-hydrogen) atoms. The Labute approximate surface area is 220 Å². The minimum Gasteiger partial charge on any atom is -0.462 e. The van der Waals surface area contributed by atoms with Crippen LogP contribution in [0, 0.1) is 11.3 Å². The highest BCUT2D eigenvalue weighted by Gasteiger charge is 2.33. The van der Waals surface area contributed by atoms with Crippen LogP contribution in [0.15, 0.2) is 24.3 Å². The van der Waals surface area contributed by atoms with Gasteiger partial charge in [-0.15, -0.1) is 0 Å². The van der Waals surface area contributed by atoms with Crippen LogP contribution in [-0.2, 0) is 19.3 Å². The highest BCUT2D eigenvalue weighted by Crippen LogP contribution is 2.36.